The number of thiol groups is 1. The second-order valence-electron chi connectivity index (χ2n) is 12.7. The third-order valence-corrected chi connectivity index (χ3v) is 12.5. The molecule has 6 radical (unpaired) electrons. The predicted molar refractivity (Wildman–Crippen MR) is 203 cm³/mol. The maximum atomic E-state index is 13.8. The number of halogens is 3. The summed E-state index contributed by atoms with van der Waals surface area (Å²) >= 11 is 4.10. The van der Waals surface area contributed by atoms with Gasteiger partial charge in [0, 0.05) is 0 Å². The number of nitrogens with zero attached hydrogens (tertiary/aromatic N) is 9. The summed E-state index contributed by atoms with van der Waals surface area (Å²) in [5.41, 5.74) is -0.534. The Balaban J connectivity index is 0.000000189. The summed E-state index contributed by atoms with van der Waals surface area (Å²) in [6.45, 7) is 0.900. The highest BCUT2D eigenvalue weighted by Crippen LogP contribution is 2.49. The van der Waals surface area contributed by atoms with Gasteiger partial charge in [-0.15, -0.1) is 11.7 Å². The predicted octanol–water partition coefficient (Wildman–Crippen LogP) is 4.56. The Kier molecular flexibility index (Phi) is 10.7. The van der Waals surface area contributed by atoms with Crippen molar-refractivity contribution in [2.24, 2.45) is 0 Å². The van der Waals surface area contributed by atoms with E-state index in [0.717, 1.165) is 0 Å². The van der Waals surface area contributed by atoms with E-state index in [-0.39, 0.29) is 30.5 Å². The van der Waals surface area contributed by atoms with E-state index in [2.05, 4.69) is 41.9 Å². The van der Waals surface area contributed by atoms with Crippen molar-refractivity contribution in [1.29, 1.82) is 0 Å². The second-order valence-corrected chi connectivity index (χ2v) is 15.8. The van der Waals surface area contributed by atoms with E-state index in [4.69, 9.17) is 37.7 Å². The fourth-order valence-corrected chi connectivity index (χ4v) is 8.88. The van der Waals surface area contributed by atoms with Crippen LogP contribution in [0.1, 0.15) is 16.7 Å². The second kappa shape index (κ2) is 15.4. The highest BCUT2D eigenvalue weighted by Gasteiger charge is 2.56. The maximum absolute atomic E-state index is 13.8. The molecule has 12 nitrogen and oxygen atoms in total. The maximum Gasteiger partial charge on any atom is 0.197 e. The molecule has 0 bridgehead atoms. The number of hydrogen-bond donors (Lipinski definition) is 1. The Hall–Kier alpha value is -3.66. The van der Waals surface area contributed by atoms with E-state index >= 15 is 0 Å². The number of aromatic nitrogens is 9. The molecule has 9 rings (SSSR count). The van der Waals surface area contributed by atoms with Crippen LogP contribution in [-0.2, 0) is 50.6 Å². The molecule has 3 aromatic carbocycles. The highest BCUT2D eigenvalue weighted by atomic mass is 33.1. The first-order chi connectivity index (χ1) is 26.5. The third-order valence-electron chi connectivity index (χ3n) is 9.33. The first-order valence-corrected chi connectivity index (χ1v) is 20.4. The van der Waals surface area contributed by atoms with Crippen LogP contribution in [0.15, 0.2) is 107 Å². The Labute approximate surface area is 333 Å². The van der Waals surface area contributed by atoms with E-state index in [1.807, 2.05) is 0 Å². The van der Waals surface area contributed by atoms with Gasteiger partial charge in [0.2, 0.25) is 0 Å². The zero-order valence-electron chi connectivity index (χ0n) is 28.3. The fraction of sp³-hybridized carbons (Fsp3) is 0.273. The SMILES string of the molecule is [B]C1OC1(Cn1ncnc1SS)c1cccc(F)c1.[B]C1OC1(Cn1ncnc1SSc1ncnn1CC1(c2cccc(F)c2)OC1[B])c1cccc(F)c1. The van der Waals surface area contributed by atoms with Gasteiger partial charge in [-0.2, -0.15) is 15.3 Å². The smallest absolute Gasteiger partial charge is 0.197 e. The summed E-state index contributed by atoms with van der Waals surface area (Å²) in [6, 6.07) is 16.9. The van der Waals surface area contributed by atoms with Crippen LogP contribution < -0.4 is 0 Å². The Bertz CT molecular complexity index is 2220. The Morgan fingerprint density at radius 2 is 0.873 bits per heavy atom. The van der Waals surface area contributed by atoms with Gasteiger partial charge in [-0.1, -0.05) is 36.4 Å². The van der Waals surface area contributed by atoms with Crippen LogP contribution in [0.4, 0.5) is 13.2 Å². The van der Waals surface area contributed by atoms with Crippen LogP contribution in [0.2, 0.25) is 0 Å². The van der Waals surface area contributed by atoms with E-state index in [1.165, 1.54) is 87.8 Å². The monoisotopic (exact) mass is 813 g/mol. The van der Waals surface area contributed by atoms with Gasteiger partial charge in [-0.3, -0.25) is 0 Å². The number of benzene rings is 3. The average Bonchev–Trinajstić information content (AvgIpc) is 3.94. The Morgan fingerprint density at radius 1 is 0.564 bits per heavy atom. The molecule has 6 aromatic rings. The van der Waals surface area contributed by atoms with Crippen molar-refractivity contribution in [1.82, 2.24) is 44.3 Å². The van der Waals surface area contributed by atoms with Gasteiger partial charge in [0.1, 0.15) is 76.8 Å². The number of epoxide rings is 3. The lowest BCUT2D eigenvalue weighted by atomic mass is 9.85. The molecule has 6 heterocycles. The first-order valence-electron chi connectivity index (χ1n) is 16.4. The molecule has 3 fully saturated rings. The molecule has 3 aliphatic heterocycles. The van der Waals surface area contributed by atoms with Crippen molar-refractivity contribution < 1.29 is 27.4 Å². The fourth-order valence-electron chi connectivity index (χ4n) is 6.21. The minimum absolute atomic E-state index is 0.262. The molecule has 0 saturated carbocycles. The van der Waals surface area contributed by atoms with E-state index in [9.17, 15) is 13.2 Å². The molecule has 0 amide bonds. The molecule has 274 valence electrons. The van der Waals surface area contributed by atoms with Gasteiger partial charge in [-0.25, -0.2) is 42.2 Å². The molecule has 22 heteroatoms. The summed E-state index contributed by atoms with van der Waals surface area (Å²) in [6.07, 6.45) is 4.29. The summed E-state index contributed by atoms with van der Waals surface area (Å²) in [4.78, 5) is 12.7. The molecule has 0 spiro atoms. The minimum atomic E-state index is -0.882. The number of rotatable bonds is 13. The van der Waals surface area contributed by atoms with Gasteiger partial charge in [0.05, 0.1) is 37.6 Å². The van der Waals surface area contributed by atoms with E-state index < -0.39 is 34.8 Å². The standard InChI is InChI=1S/C22H16B2F2N6O2S2.C11H9BFN3OS2/c23-17-21(33-17,13-3-1-5-15(25)7-13)9-31-19(27-11-29-31)35-36-20-28-12-30-32(20)10-22(18(24)34-22)14-4-2-6-16(26)8-14;12-9-11(17-9,7-2-1-3-8(13)4-7)5-16-10(19-18)14-6-15-16/h1-8,11-12,17-18H,9-10H2;1-4,6,9,18H,5H2. The third kappa shape index (κ3) is 7.73. The van der Waals surface area contributed by atoms with Crippen LogP contribution in [0.3, 0.4) is 0 Å². The van der Waals surface area contributed by atoms with Gasteiger partial charge >= 0.3 is 0 Å². The Morgan fingerprint density at radius 3 is 1.16 bits per heavy atom. The van der Waals surface area contributed by atoms with Crippen molar-refractivity contribution in [3.05, 3.63) is 126 Å². The largest absolute Gasteiger partial charge is 0.370 e. The molecular weight excluding hydrogens is 788 g/mol. The van der Waals surface area contributed by atoms with Gasteiger partial charge in [-0.05, 0) is 85.5 Å². The first kappa shape index (κ1) is 38.2. The van der Waals surface area contributed by atoms with Crippen LogP contribution in [0.5, 0.6) is 0 Å². The van der Waals surface area contributed by atoms with Crippen LogP contribution in [-0.4, -0.2) is 85.8 Å². The van der Waals surface area contributed by atoms with Gasteiger partial charge in [0.15, 0.2) is 15.5 Å². The summed E-state index contributed by atoms with van der Waals surface area (Å²) in [5, 5.41) is 14.5. The van der Waals surface area contributed by atoms with E-state index in [0.29, 0.717) is 38.7 Å². The molecule has 3 saturated heterocycles. The minimum Gasteiger partial charge on any atom is -0.370 e. The molecule has 55 heavy (non-hydrogen) atoms. The molecule has 3 aromatic heterocycles. The number of hydrogen-bond acceptors (Lipinski definition) is 13. The lowest BCUT2D eigenvalue weighted by Gasteiger charge is -2.16. The zero-order valence-corrected chi connectivity index (χ0v) is 31.6. The van der Waals surface area contributed by atoms with Crippen LogP contribution >= 0.6 is 44.0 Å². The average molecular weight is 813 g/mol. The highest BCUT2D eigenvalue weighted by molar-refractivity contribution is 8.76. The molecule has 3 aliphatic rings. The van der Waals surface area contributed by atoms with Crippen molar-refractivity contribution in [3.8, 4) is 0 Å². The van der Waals surface area contributed by atoms with Crippen molar-refractivity contribution in [3.63, 3.8) is 0 Å². The quantitative estimate of drug-likeness (QED) is 0.0760. The van der Waals surface area contributed by atoms with Crippen LogP contribution in [0.25, 0.3) is 0 Å². The summed E-state index contributed by atoms with van der Waals surface area (Å²) < 4.78 is 62.8. The molecule has 6 atom stereocenters. The van der Waals surface area contributed by atoms with Gasteiger partial charge < -0.3 is 14.2 Å². The summed E-state index contributed by atoms with van der Waals surface area (Å²) in [7, 11) is 21.8. The van der Waals surface area contributed by atoms with Crippen molar-refractivity contribution in [2.45, 2.75) is 69.9 Å². The molecular formula is C33H25B3F3N9O3S4. The molecule has 0 N–H and O–H groups in total. The lowest BCUT2D eigenvalue weighted by molar-refractivity contribution is 0.259. The molecule has 6 unspecified atom stereocenters. The lowest BCUT2D eigenvalue weighted by Crippen LogP contribution is -2.23. The summed E-state index contributed by atoms with van der Waals surface area (Å²) in [5.74, 6) is -1.05. The molecule has 0 aliphatic carbocycles. The normalized spacial score (nSPS) is 26.3. The van der Waals surface area contributed by atoms with E-state index in [1.54, 1.807) is 50.4 Å². The van der Waals surface area contributed by atoms with Gasteiger partial charge in [0.25, 0.3) is 0 Å². The topological polar surface area (TPSA) is 130 Å². The number of ether oxygens (including phenoxy) is 3. The van der Waals surface area contributed by atoms with Crippen molar-refractivity contribution >= 4 is 67.6 Å². The van der Waals surface area contributed by atoms with Crippen molar-refractivity contribution in [2.75, 3.05) is 0 Å². The van der Waals surface area contributed by atoms with Crippen LogP contribution in [0, 0.1) is 17.5 Å². The zero-order chi connectivity index (χ0) is 38.4.